The highest BCUT2D eigenvalue weighted by molar-refractivity contribution is 6.30. The fraction of sp³-hybridized carbons (Fsp3) is 0.143. The van der Waals surface area contributed by atoms with Crippen molar-refractivity contribution in [2.45, 2.75) is 5.92 Å². The third-order valence-corrected chi connectivity index (χ3v) is 4.81. The highest BCUT2D eigenvalue weighted by Crippen LogP contribution is 2.37. The molecular weight excluding hydrogens is 351 g/mol. The lowest BCUT2D eigenvalue weighted by Crippen LogP contribution is -2.12. The minimum Gasteiger partial charge on any atom is -0.398 e. The first-order chi connectivity index (χ1) is 12.0. The SMILES string of the molecule is CN(C)c1ccc(N)c(C(c2ccc(Cl)cc2)c2ccc(Cl)cc2)c1. The average molecular weight is 371 g/mol. The van der Waals surface area contributed by atoms with Gasteiger partial charge in [0.05, 0.1) is 0 Å². The summed E-state index contributed by atoms with van der Waals surface area (Å²) in [6.45, 7) is 0. The number of nitrogens with zero attached hydrogens (tertiary/aromatic N) is 1. The van der Waals surface area contributed by atoms with Crippen molar-refractivity contribution in [1.82, 2.24) is 0 Å². The van der Waals surface area contributed by atoms with Crippen molar-refractivity contribution < 1.29 is 0 Å². The lowest BCUT2D eigenvalue weighted by Gasteiger charge is -2.23. The number of benzene rings is 3. The molecule has 0 unspecified atom stereocenters. The Balaban J connectivity index is 2.19. The number of anilines is 2. The summed E-state index contributed by atoms with van der Waals surface area (Å²) in [5.74, 6) is 0.00873. The molecule has 0 bridgehead atoms. The van der Waals surface area contributed by atoms with Crippen molar-refractivity contribution >= 4 is 34.6 Å². The number of hydrogen-bond donors (Lipinski definition) is 1. The largest absolute Gasteiger partial charge is 0.398 e. The summed E-state index contributed by atoms with van der Waals surface area (Å²) >= 11 is 12.2. The molecular formula is C21H20Cl2N2. The molecule has 3 aromatic rings. The van der Waals surface area contributed by atoms with Gasteiger partial charge >= 0.3 is 0 Å². The smallest absolute Gasteiger partial charge is 0.0406 e. The maximum atomic E-state index is 6.35. The van der Waals surface area contributed by atoms with Gasteiger partial charge in [-0.25, -0.2) is 0 Å². The summed E-state index contributed by atoms with van der Waals surface area (Å²) in [7, 11) is 4.05. The van der Waals surface area contributed by atoms with Crippen LogP contribution in [0.25, 0.3) is 0 Å². The Morgan fingerprint density at radius 3 is 1.68 bits per heavy atom. The molecule has 4 heteroatoms. The number of nitrogens with two attached hydrogens (primary N) is 1. The molecule has 25 heavy (non-hydrogen) atoms. The van der Waals surface area contributed by atoms with Crippen molar-refractivity contribution in [2.75, 3.05) is 24.7 Å². The van der Waals surface area contributed by atoms with Gasteiger partial charge in [0.2, 0.25) is 0 Å². The quantitative estimate of drug-likeness (QED) is 0.462. The van der Waals surface area contributed by atoms with Crippen LogP contribution in [0, 0.1) is 0 Å². The van der Waals surface area contributed by atoms with E-state index in [2.05, 4.69) is 11.0 Å². The van der Waals surface area contributed by atoms with Gasteiger partial charge < -0.3 is 10.6 Å². The molecule has 0 aliphatic heterocycles. The third-order valence-electron chi connectivity index (χ3n) is 4.30. The van der Waals surface area contributed by atoms with E-state index >= 15 is 0 Å². The molecule has 0 heterocycles. The summed E-state index contributed by atoms with van der Waals surface area (Å²) in [6.07, 6.45) is 0. The molecule has 0 fully saturated rings. The van der Waals surface area contributed by atoms with Gasteiger partial charge in [0.1, 0.15) is 0 Å². The summed E-state index contributed by atoms with van der Waals surface area (Å²) in [5.41, 5.74) is 11.6. The fourth-order valence-corrected chi connectivity index (χ4v) is 3.20. The van der Waals surface area contributed by atoms with Crippen LogP contribution in [0.1, 0.15) is 22.6 Å². The molecule has 2 nitrogen and oxygen atoms in total. The van der Waals surface area contributed by atoms with Gasteiger partial charge in [0, 0.05) is 41.4 Å². The van der Waals surface area contributed by atoms with Crippen LogP contribution in [-0.2, 0) is 0 Å². The monoisotopic (exact) mass is 370 g/mol. The molecule has 2 N–H and O–H groups in total. The lowest BCUT2D eigenvalue weighted by atomic mass is 9.84. The van der Waals surface area contributed by atoms with Crippen LogP contribution in [0.5, 0.6) is 0 Å². The molecule has 128 valence electrons. The van der Waals surface area contributed by atoms with E-state index in [1.54, 1.807) is 0 Å². The van der Waals surface area contributed by atoms with E-state index in [-0.39, 0.29) is 5.92 Å². The van der Waals surface area contributed by atoms with E-state index in [9.17, 15) is 0 Å². The van der Waals surface area contributed by atoms with Gasteiger partial charge in [0.15, 0.2) is 0 Å². The minimum atomic E-state index is 0.00873. The Labute approximate surface area is 158 Å². The van der Waals surface area contributed by atoms with Crippen LogP contribution in [0.3, 0.4) is 0 Å². The molecule has 0 aliphatic carbocycles. The minimum absolute atomic E-state index is 0.00873. The van der Waals surface area contributed by atoms with E-state index < -0.39 is 0 Å². The van der Waals surface area contributed by atoms with Gasteiger partial charge in [0.25, 0.3) is 0 Å². The Morgan fingerprint density at radius 2 is 1.24 bits per heavy atom. The van der Waals surface area contributed by atoms with E-state index in [4.69, 9.17) is 28.9 Å². The van der Waals surface area contributed by atoms with E-state index in [0.717, 1.165) is 28.1 Å². The Morgan fingerprint density at radius 1 is 0.760 bits per heavy atom. The first kappa shape index (κ1) is 17.7. The van der Waals surface area contributed by atoms with Gasteiger partial charge in [-0.3, -0.25) is 0 Å². The molecule has 0 aromatic heterocycles. The van der Waals surface area contributed by atoms with Crippen LogP contribution < -0.4 is 10.6 Å². The summed E-state index contributed by atoms with van der Waals surface area (Å²) < 4.78 is 0. The molecule has 0 spiro atoms. The van der Waals surface area contributed by atoms with E-state index in [1.165, 1.54) is 0 Å². The zero-order valence-electron chi connectivity index (χ0n) is 14.2. The summed E-state index contributed by atoms with van der Waals surface area (Å²) in [4.78, 5) is 2.07. The van der Waals surface area contributed by atoms with Crippen molar-refractivity contribution in [1.29, 1.82) is 0 Å². The highest BCUT2D eigenvalue weighted by atomic mass is 35.5. The molecule has 0 amide bonds. The molecule has 0 atom stereocenters. The maximum absolute atomic E-state index is 6.35. The zero-order valence-corrected chi connectivity index (χ0v) is 15.7. The Kier molecular flexibility index (Phi) is 5.22. The zero-order chi connectivity index (χ0) is 18.0. The number of hydrogen-bond acceptors (Lipinski definition) is 2. The van der Waals surface area contributed by atoms with E-state index in [0.29, 0.717) is 10.0 Å². The second-order valence-electron chi connectivity index (χ2n) is 6.24. The number of halogens is 2. The molecule has 3 rings (SSSR count). The Hall–Kier alpha value is -2.16. The number of nitrogen functional groups attached to an aromatic ring is 1. The number of rotatable bonds is 4. The third kappa shape index (κ3) is 3.92. The molecule has 0 saturated heterocycles. The first-order valence-electron chi connectivity index (χ1n) is 8.03. The van der Waals surface area contributed by atoms with Crippen LogP contribution in [0.15, 0.2) is 66.7 Å². The van der Waals surface area contributed by atoms with Crippen molar-refractivity contribution in [3.8, 4) is 0 Å². The fourth-order valence-electron chi connectivity index (χ4n) is 2.95. The van der Waals surface area contributed by atoms with Crippen LogP contribution in [0.4, 0.5) is 11.4 Å². The van der Waals surface area contributed by atoms with Gasteiger partial charge in [-0.05, 0) is 59.2 Å². The predicted octanol–water partition coefficient (Wildman–Crippen LogP) is 5.82. The summed E-state index contributed by atoms with van der Waals surface area (Å²) in [5, 5.41) is 1.43. The van der Waals surface area contributed by atoms with Gasteiger partial charge in [-0.1, -0.05) is 47.5 Å². The maximum Gasteiger partial charge on any atom is 0.0406 e. The predicted molar refractivity (Wildman–Crippen MR) is 109 cm³/mol. The molecule has 0 radical (unpaired) electrons. The van der Waals surface area contributed by atoms with Crippen molar-refractivity contribution in [3.05, 3.63) is 93.5 Å². The van der Waals surface area contributed by atoms with Gasteiger partial charge in [-0.2, -0.15) is 0 Å². The standard InChI is InChI=1S/C21H20Cl2N2/c1-25(2)18-11-12-20(24)19(13-18)21(14-3-7-16(22)8-4-14)15-5-9-17(23)10-6-15/h3-13,21H,24H2,1-2H3. The lowest BCUT2D eigenvalue weighted by molar-refractivity contribution is 0.976. The average Bonchev–Trinajstić information content (AvgIpc) is 2.59. The normalized spacial score (nSPS) is 10.9. The van der Waals surface area contributed by atoms with Crippen LogP contribution in [0.2, 0.25) is 10.0 Å². The first-order valence-corrected chi connectivity index (χ1v) is 8.79. The van der Waals surface area contributed by atoms with Crippen LogP contribution in [-0.4, -0.2) is 14.1 Å². The van der Waals surface area contributed by atoms with Gasteiger partial charge in [-0.15, -0.1) is 0 Å². The molecule has 3 aromatic carbocycles. The van der Waals surface area contributed by atoms with E-state index in [1.807, 2.05) is 74.8 Å². The second kappa shape index (κ2) is 7.38. The molecule has 0 saturated carbocycles. The Bertz CT molecular complexity index is 811. The van der Waals surface area contributed by atoms with Crippen molar-refractivity contribution in [2.24, 2.45) is 0 Å². The molecule has 0 aliphatic rings. The second-order valence-corrected chi connectivity index (χ2v) is 7.12. The van der Waals surface area contributed by atoms with Crippen molar-refractivity contribution in [3.63, 3.8) is 0 Å². The highest BCUT2D eigenvalue weighted by Gasteiger charge is 2.20. The van der Waals surface area contributed by atoms with Crippen LogP contribution >= 0.6 is 23.2 Å². The topological polar surface area (TPSA) is 29.3 Å². The summed E-state index contributed by atoms with van der Waals surface area (Å²) in [6, 6.07) is 21.9.